The van der Waals surface area contributed by atoms with Crippen LogP contribution in [0.2, 0.25) is 0 Å². The number of carbonyl (C=O) groups excluding carboxylic acids is 1. The number of hydrogen-bond acceptors (Lipinski definition) is 2. The molecule has 4 heteroatoms. The molecule has 0 aliphatic rings. The predicted molar refractivity (Wildman–Crippen MR) is 77.6 cm³/mol. The molecule has 1 rings (SSSR count). The van der Waals surface area contributed by atoms with E-state index in [4.69, 9.17) is 0 Å². The van der Waals surface area contributed by atoms with Gasteiger partial charge in [-0.05, 0) is 36.8 Å². The molecule has 0 radical (unpaired) electrons. The van der Waals surface area contributed by atoms with Crippen LogP contribution in [0.3, 0.4) is 0 Å². The van der Waals surface area contributed by atoms with Crippen molar-refractivity contribution < 1.29 is 4.79 Å². The lowest BCUT2D eigenvalue weighted by Gasteiger charge is -2.18. The van der Waals surface area contributed by atoms with Gasteiger partial charge in [0.25, 0.3) is 11.5 Å². The minimum Gasteiger partial charge on any atom is -0.352 e. The fraction of sp³-hybridized carbons (Fsp3) is 0.600. The summed E-state index contributed by atoms with van der Waals surface area (Å²) in [4.78, 5) is 26.6. The number of carbonyl (C=O) groups is 1. The fourth-order valence-corrected chi connectivity index (χ4v) is 1.85. The zero-order valence-electron chi connectivity index (χ0n) is 12.5. The number of amides is 1. The molecule has 0 spiro atoms. The Kier molecular flexibility index (Phi) is 4.92. The van der Waals surface area contributed by atoms with Crippen molar-refractivity contribution in [2.75, 3.05) is 6.54 Å². The van der Waals surface area contributed by atoms with Crippen molar-refractivity contribution >= 4 is 5.91 Å². The number of pyridine rings is 1. The molecule has 19 heavy (non-hydrogen) atoms. The summed E-state index contributed by atoms with van der Waals surface area (Å²) in [6.45, 7) is 10.8. The van der Waals surface area contributed by atoms with Gasteiger partial charge < -0.3 is 10.3 Å². The molecule has 1 aromatic heterocycles. The summed E-state index contributed by atoms with van der Waals surface area (Å²) in [6.07, 6.45) is 1.63. The van der Waals surface area contributed by atoms with Crippen molar-refractivity contribution in [3.8, 4) is 0 Å². The standard InChI is InChI=1S/C15H24N2O2/c1-6-12-10(2)9-11(14(19)17-12)13(18)16-8-7-15(3,4)5/h9H,6-8H2,1-5H3,(H,16,18)(H,17,19). The molecule has 0 fully saturated rings. The molecule has 1 heterocycles. The highest BCUT2D eigenvalue weighted by Gasteiger charge is 2.14. The lowest BCUT2D eigenvalue weighted by Crippen LogP contribution is -2.32. The maximum absolute atomic E-state index is 12.0. The van der Waals surface area contributed by atoms with Crippen LogP contribution in [0.5, 0.6) is 0 Å². The van der Waals surface area contributed by atoms with E-state index in [2.05, 4.69) is 31.1 Å². The molecule has 1 amide bonds. The first-order chi connectivity index (χ1) is 8.74. The second-order valence-corrected chi connectivity index (χ2v) is 6.09. The molecule has 0 atom stereocenters. The van der Waals surface area contributed by atoms with Gasteiger partial charge >= 0.3 is 0 Å². The fourth-order valence-electron chi connectivity index (χ4n) is 1.85. The summed E-state index contributed by atoms with van der Waals surface area (Å²) < 4.78 is 0. The van der Waals surface area contributed by atoms with Gasteiger partial charge in [-0.3, -0.25) is 9.59 Å². The Balaban J connectivity index is 2.78. The van der Waals surface area contributed by atoms with Crippen LogP contribution in [0.1, 0.15) is 55.7 Å². The molecular weight excluding hydrogens is 240 g/mol. The molecule has 0 saturated heterocycles. The predicted octanol–water partition coefficient (Wildman–Crippen LogP) is 2.41. The van der Waals surface area contributed by atoms with Crippen molar-refractivity contribution in [3.63, 3.8) is 0 Å². The maximum Gasteiger partial charge on any atom is 0.261 e. The Morgan fingerprint density at radius 2 is 2.00 bits per heavy atom. The molecule has 106 valence electrons. The Morgan fingerprint density at radius 3 is 2.53 bits per heavy atom. The van der Waals surface area contributed by atoms with E-state index in [0.29, 0.717) is 6.54 Å². The third-order valence-electron chi connectivity index (χ3n) is 3.10. The smallest absolute Gasteiger partial charge is 0.261 e. The molecule has 0 aromatic carbocycles. The largest absolute Gasteiger partial charge is 0.352 e. The molecular formula is C15H24N2O2. The highest BCUT2D eigenvalue weighted by molar-refractivity contribution is 5.93. The first-order valence-electron chi connectivity index (χ1n) is 6.75. The van der Waals surface area contributed by atoms with Crippen LogP contribution >= 0.6 is 0 Å². The minimum atomic E-state index is -0.310. The SMILES string of the molecule is CCc1[nH]c(=O)c(C(=O)NCCC(C)(C)C)cc1C. The summed E-state index contributed by atoms with van der Waals surface area (Å²) >= 11 is 0. The van der Waals surface area contributed by atoms with Crippen LogP contribution < -0.4 is 10.9 Å². The highest BCUT2D eigenvalue weighted by Crippen LogP contribution is 2.17. The third kappa shape index (κ3) is 4.54. The van der Waals surface area contributed by atoms with E-state index < -0.39 is 0 Å². The summed E-state index contributed by atoms with van der Waals surface area (Å²) in [5.41, 5.74) is 1.89. The van der Waals surface area contributed by atoms with Crippen LogP contribution in [-0.4, -0.2) is 17.4 Å². The molecule has 0 aliphatic heterocycles. The normalized spacial score (nSPS) is 11.4. The van der Waals surface area contributed by atoms with Crippen LogP contribution in [-0.2, 0) is 6.42 Å². The lowest BCUT2D eigenvalue weighted by atomic mass is 9.92. The van der Waals surface area contributed by atoms with Gasteiger partial charge in [0.1, 0.15) is 5.56 Å². The Hall–Kier alpha value is -1.58. The van der Waals surface area contributed by atoms with Crippen LogP contribution in [0, 0.1) is 12.3 Å². The maximum atomic E-state index is 12.0. The number of aromatic amines is 1. The van der Waals surface area contributed by atoms with Crippen molar-refractivity contribution in [3.05, 3.63) is 33.2 Å². The zero-order valence-corrected chi connectivity index (χ0v) is 12.5. The van der Waals surface area contributed by atoms with Gasteiger partial charge in [0, 0.05) is 12.2 Å². The van der Waals surface area contributed by atoms with E-state index in [-0.39, 0.29) is 22.4 Å². The number of nitrogens with one attached hydrogen (secondary N) is 2. The average molecular weight is 264 g/mol. The van der Waals surface area contributed by atoms with E-state index in [1.54, 1.807) is 6.07 Å². The summed E-state index contributed by atoms with van der Waals surface area (Å²) in [5.74, 6) is -0.295. The van der Waals surface area contributed by atoms with Crippen LogP contribution in [0.4, 0.5) is 0 Å². The Morgan fingerprint density at radius 1 is 1.37 bits per heavy atom. The second kappa shape index (κ2) is 6.04. The van der Waals surface area contributed by atoms with Crippen LogP contribution in [0.15, 0.2) is 10.9 Å². The molecule has 4 nitrogen and oxygen atoms in total. The zero-order chi connectivity index (χ0) is 14.6. The topological polar surface area (TPSA) is 62.0 Å². The monoisotopic (exact) mass is 264 g/mol. The molecule has 0 bridgehead atoms. The van der Waals surface area contributed by atoms with Crippen molar-refractivity contribution in [2.45, 2.75) is 47.5 Å². The molecule has 2 N–H and O–H groups in total. The Labute approximate surface area is 114 Å². The quantitative estimate of drug-likeness (QED) is 0.877. The van der Waals surface area contributed by atoms with E-state index >= 15 is 0 Å². The second-order valence-electron chi connectivity index (χ2n) is 6.09. The number of H-pyrrole nitrogens is 1. The molecule has 1 aromatic rings. The van der Waals surface area contributed by atoms with Crippen LogP contribution in [0.25, 0.3) is 0 Å². The van der Waals surface area contributed by atoms with Crippen molar-refractivity contribution in [1.29, 1.82) is 0 Å². The number of hydrogen-bond donors (Lipinski definition) is 2. The summed E-state index contributed by atoms with van der Waals surface area (Å²) in [6, 6.07) is 1.67. The Bertz CT molecular complexity index is 510. The van der Waals surface area contributed by atoms with E-state index in [0.717, 1.165) is 24.1 Å². The van der Waals surface area contributed by atoms with E-state index in [1.807, 2.05) is 13.8 Å². The van der Waals surface area contributed by atoms with Gasteiger partial charge in [0.2, 0.25) is 0 Å². The van der Waals surface area contributed by atoms with Gasteiger partial charge in [-0.2, -0.15) is 0 Å². The summed E-state index contributed by atoms with van der Waals surface area (Å²) in [5, 5.41) is 2.80. The van der Waals surface area contributed by atoms with Gasteiger partial charge in [0.05, 0.1) is 0 Å². The first kappa shape index (κ1) is 15.5. The lowest BCUT2D eigenvalue weighted by molar-refractivity contribution is 0.0948. The van der Waals surface area contributed by atoms with Gasteiger partial charge in [-0.15, -0.1) is 0 Å². The van der Waals surface area contributed by atoms with Gasteiger partial charge in [0.15, 0.2) is 0 Å². The molecule has 0 unspecified atom stereocenters. The average Bonchev–Trinajstić information content (AvgIpc) is 2.29. The van der Waals surface area contributed by atoms with Crippen molar-refractivity contribution in [2.24, 2.45) is 5.41 Å². The molecule has 0 aliphatic carbocycles. The van der Waals surface area contributed by atoms with Crippen molar-refractivity contribution in [1.82, 2.24) is 10.3 Å². The number of aromatic nitrogens is 1. The minimum absolute atomic E-state index is 0.168. The third-order valence-corrected chi connectivity index (χ3v) is 3.10. The van der Waals surface area contributed by atoms with Gasteiger partial charge in [-0.1, -0.05) is 27.7 Å². The van der Waals surface area contributed by atoms with E-state index in [9.17, 15) is 9.59 Å². The number of rotatable bonds is 4. The number of aryl methyl sites for hydroxylation is 2. The summed E-state index contributed by atoms with van der Waals surface area (Å²) in [7, 11) is 0. The van der Waals surface area contributed by atoms with Gasteiger partial charge in [-0.25, -0.2) is 0 Å². The van der Waals surface area contributed by atoms with E-state index in [1.165, 1.54) is 0 Å². The molecule has 0 saturated carbocycles. The first-order valence-corrected chi connectivity index (χ1v) is 6.75. The highest BCUT2D eigenvalue weighted by atomic mass is 16.2.